The molecule has 2 aliphatic heterocycles. The normalized spacial score (nSPS) is 20.2. The molecule has 4 rings (SSSR count). The summed E-state index contributed by atoms with van der Waals surface area (Å²) in [7, 11) is 3.17. The second-order valence-corrected chi connectivity index (χ2v) is 8.34. The van der Waals surface area contributed by atoms with Crippen LogP contribution in [0.3, 0.4) is 0 Å². The minimum Gasteiger partial charge on any atom is -0.497 e. The van der Waals surface area contributed by atoms with E-state index in [1.165, 1.54) is 6.07 Å². The molecule has 1 fully saturated rings. The Kier molecular flexibility index (Phi) is 6.69. The number of hydrogen-bond donors (Lipinski definition) is 1. The van der Waals surface area contributed by atoms with E-state index in [1.54, 1.807) is 20.3 Å². The van der Waals surface area contributed by atoms with Crippen LogP contribution in [0.2, 0.25) is 0 Å². The molecule has 2 atom stereocenters. The molecule has 2 heterocycles. The smallest absolute Gasteiger partial charge is 0.416 e. The van der Waals surface area contributed by atoms with Gasteiger partial charge in [0.05, 0.1) is 31.2 Å². The molecule has 1 N–H and O–H groups in total. The molecule has 2 aromatic rings. The molecule has 33 heavy (non-hydrogen) atoms. The highest BCUT2D eigenvalue weighted by atomic mass is 19.4. The molecule has 178 valence electrons. The summed E-state index contributed by atoms with van der Waals surface area (Å²) in [4.78, 5) is 17.4. The van der Waals surface area contributed by atoms with Crippen molar-refractivity contribution in [1.82, 2.24) is 5.32 Å². The van der Waals surface area contributed by atoms with Crippen LogP contribution in [-0.2, 0) is 22.1 Å². The van der Waals surface area contributed by atoms with Crippen LogP contribution in [0.1, 0.15) is 11.1 Å². The molecule has 0 radical (unpaired) electrons. The average molecular weight is 464 g/mol. The van der Waals surface area contributed by atoms with Gasteiger partial charge in [-0.1, -0.05) is 0 Å². The van der Waals surface area contributed by atoms with Crippen LogP contribution in [0.25, 0.3) is 0 Å². The third-order valence-electron chi connectivity index (χ3n) is 6.42. The Balaban J connectivity index is 1.63. The lowest BCUT2D eigenvalue weighted by Crippen LogP contribution is -2.61. The van der Waals surface area contributed by atoms with Crippen LogP contribution in [0.15, 0.2) is 42.5 Å². The SMILES string of the molecule is COCCNC(=O)[C@@H]1Cc2cc(C(F)(F)F)ccc2N2CCN(c3ccc(OC)cc3)C[C@H]12. The Labute approximate surface area is 191 Å². The number of carbonyl (C=O) groups excluding carboxylic acids is 1. The number of piperazine rings is 1. The van der Waals surface area contributed by atoms with E-state index >= 15 is 0 Å². The Morgan fingerprint density at radius 1 is 1.12 bits per heavy atom. The molecule has 9 heteroatoms. The lowest BCUT2D eigenvalue weighted by molar-refractivity contribution is -0.137. The molecular weight excluding hydrogens is 435 g/mol. The summed E-state index contributed by atoms with van der Waals surface area (Å²) in [5.41, 5.74) is 1.68. The number of nitrogens with one attached hydrogen (secondary N) is 1. The van der Waals surface area contributed by atoms with Gasteiger partial charge in [0.2, 0.25) is 5.91 Å². The van der Waals surface area contributed by atoms with Crippen molar-refractivity contribution in [3.63, 3.8) is 0 Å². The van der Waals surface area contributed by atoms with Crippen molar-refractivity contribution in [2.45, 2.75) is 18.6 Å². The summed E-state index contributed by atoms with van der Waals surface area (Å²) in [5.74, 6) is 0.125. The van der Waals surface area contributed by atoms with Crippen LogP contribution in [0.4, 0.5) is 24.5 Å². The Bertz CT molecular complexity index is 981. The first-order chi connectivity index (χ1) is 15.8. The highest BCUT2D eigenvalue weighted by Gasteiger charge is 2.42. The molecule has 2 aromatic carbocycles. The molecule has 0 saturated carbocycles. The van der Waals surface area contributed by atoms with Crippen LogP contribution in [0.5, 0.6) is 5.75 Å². The van der Waals surface area contributed by atoms with Gasteiger partial charge in [0.1, 0.15) is 5.75 Å². The average Bonchev–Trinajstić information content (AvgIpc) is 2.82. The number of amides is 1. The quantitative estimate of drug-likeness (QED) is 0.666. The van der Waals surface area contributed by atoms with E-state index in [9.17, 15) is 18.0 Å². The predicted octanol–water partition coefficient (Wildman–Crippen LogP) is 3.34. The lowest BCUT2D eigenvalue weighted by Gasteiger charge is -2.49. The summed E-state index contributed by atoms with van der Waals surface area (Å²) < 4.78 is 50.2. The van der Waals surface area contributed by atoms with Gasteiger partial charge in [-0.15, -0.1) is 0 Å². The maximum absolute atomic E-state index is 13.3. The van der Waals surface area contributed by atoms with E-state index in [-0.39, 0.29) is 18.4 Å². The molecule has 6 nitrogen and oxygen atoms in total. The summed E-state index contributed by atoms with van der Waals surface area (Å²) in [6.07, 6.45) is -4.16. The number of methoxy groups -OCH3 is 2. The van der Waals surface area contributed by atoms with Gasteiger partial charge >= 0.3 is 6.18 Å². The van der Waals surface area contributed by atoms with Gasteiger partial charge in [-0.3, -0.25) is 4.79 Å². The number of ether oxygens (including phenoxy) is 2. The summed E-state index contributed by atoms with van der Waals surface area (Å²) in [5, 5.41) is 2.88. The van der Waals surface area contributed by atoms with E-state index in [4.69, 9.17) is 9.47 Å². The van der Waals surface area contributed by atoms with Gasteiger partial charge in [0.25, 0.3) is 0 Å². The van der Waals surface area contributed by atoms with Gasteiger partial charge in [-0.05, 0) is 54.4 Å². The molecule has 0 aromatic heterocycles. The number of halogens is 3. The van der Waals surface area contributed by atoms with E-state index in [0.29, 0.717) is 38.3 Å². The topological polar surface area (TPSA) is 54.0 Å². The van der Waals surface area contributed by atoms with Crippen LogP contribution in [0, 0.1) is 5.92 Å². The van der Waals surface area contributed by atoms with E-state index in [2.05, 4.69) is 15.1 Å². The van der Waals surface area contributed by atoms with Gasteiger partial charge in [-0.25, -0.2) is 0 Å². The second kappa shape index (κ2) is 9.51. The van der Waals surface area contributed by atoms with E-state index in [0.717, 1.165) is 23.2 Å². The number of benzene rings is 2. The van der Waals surface area contributed by atoms with Gasteiger partial charge in [0, 0.05) is 44.7 Å². The fourth-order valence-corrected chi connectivity index (χ4v) is 4.73. The van der Waals surface area contributed by atoms with Crippen molar-refractivity contribution in [2.75, 3.05) is 56.8 Å². The number of alkyl halides is 3. The Hall–Kier alpha value is -2.94. The molecule has 0 unspecified atom stereocenters. The first-order valence-corrected chi connectivity index (χ1v) is 10.9. The molecule has 2 aliphatic rings. The number of hydrogen-bond acceptors (Lipinski definition) is 5. The van der Waals surface area contributed by atoms with Crippen LogP contribution >= 0.6 is 0 Å². The number of rotatable bonds is 6. The third-order valence-corrected chi connectivity index (χ3v) is 6.42. The van der Waals surface area contributed by atoms with Crippen molar-refractivity contribution in [3.8, 4) is 5.75 Å². The molecule has 1 amide bonds. The standard InChI is InChI=1S/C24H28F3N3O3/c1-32-12-9-28-23(31)20-14-16-13-17(24(25,26)27)3-8-21(16)30-11-10-29(15-22(20)30)18-4-6-19(33-2)7-5-18/h3-8,13,20,22H,9-12,14-15H2,1-2H3,(H,28,31)/t20-,22-/m1/s1. The predicted molar refractivity (Wildman–Crippen MR) is 120 cm³/mol. The maximum atomic E-state index is 13.3. The Morgan fingerprint density at radius 2 is 1.88 bits per heavy atom. The van der Waals surface area contributed by atoms with Crippen molar-refractivity contribution >= 4 is 17.3 Å². The zero-order valence-corrected chi connectivity index (χ0v) is 18.7. The monoisotopic (exact) mass is 463 g/mol. The van der Waals surface area contributed by atoms with E-state index < -0.39 is 17.7 Å². The summed E-state index contributed by atoms with van der Waals surface area (Å²) in [6, 6.07) is 11.5. The summed E-state index contributed by atoms with van der Waals surface area (Å²) >= 11 is 0. The van der Waals surface area contributed by atoms with Crippen LogP contribution < -0.4 is 19.9 Å². The number of carbonyl (C=O) groups is 1. The van der Waals surface area contributed by atoms with Gasteiger partial charge in [0.15, 0.2) is 0 Å². The maximum Gasteiger partial charge on any atom is 0.416 e. The third kappa shape index (κ3) is 4.88. The van der Waals surface area contributed by atoms with E-state index in [1.807, 2.05) is 24.3 Å². The summed E-state index contributed by atoms with van der Waals surface area (Å²) in [6.45, 7) is 2.63. The van der Waals surface area contributed by atoms with Gasteiger partial charge in [-0.2, -0.15) is 13.2 Å². The van der Waals surface area contributed by atoms with Crippen molar-refractivity contribution in [1.29, 1.82) is 0 Å². The first-order valence-electron chi connectivity index (χ1n) is 10.9. The lowest BCUT2D eigenvalue weighted by atomic mass is 9.82. The first kappa shape index (κ1) is 23.2. The highest BCUT2D eigenvalue weighted by molar-refractivity contribution is 5.82. The van der Waals surface area contributed by atoms with Gasteiger partial charge < -0.3 is 24.6 Å². The van der Waals surface area contributed by atoms with Crippen LogP contribution in [-0.4, -0.2) is 59.0 Å². The largest absolute Gasteiger partial charge is 0.497 e. The fourth-order valence-electron chi connectivity index (χ4n) is 4.73. The highest BCUT2D eigenvalue weighted by Crippen LogP contribution is 2.40. The molecule has 0 bridgehead atoms. The molecular formula is C24H28F3N3O3. The fraction of sp³-hybridized carbons (Fsp3) is 0.458. The minimum absolute atomic E-state index is 0.160. The zero-order chi connectivity index (χ0) is 23.6. The van der Waals surface area contributed by atoms with Crippen molar-refractivity contribution in [3.05, 3.63) is 53.6 Å². The molecule has 0 spiro atoms. The van der Waals surface area contributed by atoms with Crippen molar-refractivity contribution < 1.29 is 27.4 Å². The number of anilines is 2. The number of nitrogens with zero attached hydrogens (tertiary/aromatic N) is 2. The second-order valence-electron chi connectivity index (χ2n) is 8.34. The minimum atomic E-state index is -4.42. The molecule has 1 saturated heterocycles. The molecule has 0 aliphatic carbocycles. The van der Waals surface area contributed by atoms with Crippen molar-refractivity contribution in [2.24, 2.45) is 5.92 Å². The zero-order valence-electron chi connectivity index (χ0n) is 18.7. The Morgan fingerprint density at radius 3 is 2.55 bits per heavy atom. The number of fused-ring (bicyclic) bond motifs is 3.